The van der Waals surface area contributed by atoms with Crippen LogP contribution in [0.1, 0.15) is 31.2 Å². The number of rotatable bonds is 3. The van der Waals surface area contributed by atoms with Gasteiger partial charge in [-0.3, -0.25) is 14.8 Å². The third kappa shape index (κ3) is 3.24. The van der Waals surface area contributed by atoms with Crippen molar-refractivity contribution in [3.05, 3.63) is 30.1 Å². The first-order chi connectivity index (χ1) is 15.3. The highest BCUT2D eigenvalue weighted by molar-refractivity contribution is 5.92. The Hall–Kier alpha value is -2.42. The van der Waals surface area contributed by atoms with Crippen molar-refractivity contribution in [1.29, 1.82) is 0 Å². The lowest BCUT2D eigenvalue weighted by molar-refractivity contribution is -0.136. The van der Waals surface area contributed by atoms with E-state index in [4.69, 9.17) is 0 Å². The molecule has 9 heteroatoms. The van der Waals surface area contributed by atoms with Gasteiger partial charge in [-0.25, -0.2) is 0 Å². The Morgan fingerprint density at radius 2 is 1.78 bits per heavy atom. The summed E-state index contributed by atoms with van der Waals surface area (Å²) in [6.07, 6.45) is 2.24. The second-order valence-electron chi connectivity index (χ2n) is 10.0. The van der Waals surface area contributed by atoms with E-state index in [9.17, 15) is 18.0 Å². The summed E-state index contributed by atoms with van der Waals surface area (Å²) >= 11 is 0. The van der Waals surface area contributed by atoms with E-state index in [1.165, 1.54) is 18.5 Å². The SMILES string of the molecule is O=C(NC1CC2CNCC2C1)C1CN(c2ccc(C(F)(F)F)c3nccnc23)CC12CC2. The molecular formula is C23H26F3N5O. The van der Waals surface area contributed by atoms with E-state index in [1.54, 1.807) is 0 Å². The van der Waals surface area contributed by atoms with Crippen LogP contribution in [0, 0.1) is 23.2 Å². The molecule has 2 N–H and O–H groups in total. The molecule has 170 valence electrons. The minimum atomic E-state index is -4.49. The molecule has 6 rings (SSSR count). The quantitative estimate of drug-likeness (QED) is 0.760. The molecule has 0 radical (unpaired) electrons. The molecule has 1 spiro atoms. The normalized spacial score (nSPS) is 30.8. The maximum Gasteiger partial charge on any atom is 0.418 e. The number of amides is 1. The minimum Gasteiger partial charge on any atom is -0.368 e. The van der Waals surface area contributed by atoms with E-state index < -0.39 is 11.7 Å². The van der Waals surface area contributed by atoms with Crippen molar-refractivity contribution >= 4 is 22.6 Å². The van der Waals surface area contributed by atoms with Gasteiger partial charge < -0.3 is 15.5 Å². The van der Waals surface area contributed by atoms with Gasteiger partial charge in [0.05, 0.1) is 17.2 Å². The summed E-state index contributed by atoms with van der Waals surface area (Å²) in [5, 5.41) is 6.74. The first-order valence-electron chi connectivity index (χ1n) is 11.4. The van der Waals surface area contributed by atoms with Crippen molar-refractivity contribution in [3.8, 4) is 0 Å². The summed E-state index contributed by atoms with van der Waals surface area (Å²) in [7, 11) is 0. The molecule has 2 aliphatic heterocycles. The van der Waals surface area contributed by atoms with Gasteiger partial charge in [-0.15, -0.1) is 0 Å². The van der Waals surface area contributed by atoms with Gasteiger partial charge in [0.15, 0.2) is 0 Å². The molecular weight excluding hydrogens is 419 g/mol. The Labute approximate surface area is 184 Å². The molecule has 0 bridgehead atoms. The number of hydrogen-bond acceptors (Lipinski definition) is 5. The van der Waals surface area contributed by atoms with Gasteiger partial charge in [-0.2, -0.15) is 13.2 Å². The number of nitrogens with one attached hydrogen (secondary N) is 2. The lowest BCUT2D eigenvalue weighted by atomic mass is 9.91. The maximum absolute atomic E-state index is 13.5. The number of anilines is 1. The Bertz CT molecular complexity index is 1060. The van der Waals surface area contributed by atoms with Crippen molar-refractivity contribution < 1.29 is 18.0 Å². The van der Waals surface area contributed by atoms with Gasteiger partial charge in [-0.05, 0) is 62.7 Å². The molecule has 4 aliphatic rings. The Balaban J connectivity index is 1.24. The number of alkyl halides is 3. The predicted octanol–water partition coefficient (Wildman–Crippen LogP) is 2.98. The number of carbonyl (C=O) groups excluding carboxylic acids is 1. The van der Waals surface area contributed by atoms with Gasteiger partial charge in [0, 0.05) is 36.9 Å². The summed E-state index contributed by atoms with van der Waals surface area (Å²) in [6.45, 7) is 3.26. The number of aromatic nitrogens is 2. The monoisotopic (exact) mass is 445 g/mol. The molecule has 2 saturated carbocycles. The molecule has 2 aliphatic carbocycles. The van der Waals surface area contributed by atoms with Crippen molar-refractivity contribution in [2.75, 3.05) is 31.1 Å². The average molecular weight is 445 g/mol. The second-order valence-corrected chi connectivity index (χ2v) is 10.0. The topological polar surface area (TPSA) is 70.2 Å². The first kappa shape index (κ1) is 20.2. The van der Waals surface area contributed by atoms with Crippen LogP contribution in [0.4, 0.5) is 18.9 Å². The molecule has 4 fully saturated rings. The van der Waals surface area contributed by atoms with Crippen LogP contribution < -0.4 is 15.5 Å². The zero-order valence-electron chi connectivity index (χ0n) is 17.7. The summed E-state index contributed by atoms with van der Waals surface area (Å²) < 4.78 is 40.4. The summed E-state index contributed by atoms with van der Waals surface area (Å²) in [4.78, 5) is 23.5. The third-order valence-electron chi connectivity index (χ3n) is 8.11. The van der Waals surface area contributed by atoms with Crippen LogP contribution in [0.15, 0.2) is 24.5 Å². The number of carbonyl (C=O) groups is 1. The first-order valence-corrected chi connectivity index (χ1v) is 11.4. The van der Waals surface area contributed by atoms with E-state index >= 15 is 0 Å². The average Bonchev–Trinajstić information content (AvgIpc) is 3.05. The van der Waals surface area contributed by atoms with Crippen LogP contribution >= 0.6 is 0 Å². The van der Waals surface area contributed by atoms with Gasteiger partial charge in [0.25, 0.3) is 0 Å². The van der Waals surface area contributed by atoms with E-state index in [0.717, 1.165) is 44.8 Å². The molecule has 2 aromatic rings. The van der Waals surface area contributed by atoms with Gasteiger partial charge in [0.2, 0.25) is 5.91 Å². The van der Waals surface area contributed by atoms with Gasteiger partial charge >= 0.3 is 6.18 Å². The van der Waals surface area contributed by atoms with Crippen molar-refractivity contribution in [1.82, 2.24) is 20.6 Å². The third-order valence-corrected chi connectivity index (χ3v) is 8.11. The molecule has 1 amide bonds. The minimum absolute atomic E-state index is 0.0721. The molecule has 2 saturated heterocycles. The highest BCUT2D eigenvalue weighted by Crippen LogP contribution is 2.57. The Morgan fingerprint density at radius 1 is 1.09 bits per heavy atom. The number of fused-ring (bicyclic) bond motifs is 2. The summed E-state index contributed by atoms with van der Waals surface area (Å²) in [5.41, 5.74) is -0.113. The number of halogens is 3. The summed E-state index contributed by atoms with van der Waals surface area (Å²) in [5.74, 6) is 1.28. The van der Waals surface area contributed by atoms with E-state index in [-0.39, 0.29) is 34.3 Å². The predicted molar refractivity (Wildman–Crippen MR) is 113 cm³/mol. The largest absolute Gasteiger partial charge is 0.418 e. The van der Waals surface area contributed by atoms with E-state index in [2.05, 4.69) is 20.6 Å². The molecule has 3 unspecified atom stereocenters. The Kier molecular flexibility index (Phi) is 4.44. The van der Waals surface area contributed by atoms with Crippen LogP contribution in [-0.2, 0) is 11.0 Å². The lowest BCUT2D eigenvalue weighted by Crippen LogP contribution is -2.41. The standard InChI is InChI=1S/C23H26F3N5O/c24-23(25,26)16-1-2-18(20-19(16)28-5-6-29-20)31-11-17(22(12-31)3-4-22)21(32)30-15-7-13-9-27-10-14(13)8-15/h1-2,5-6,13-15,17,27H,3-4,7-12H2,(H,30,32). The number of benzene rings is 1. The van der Waals surface area contributed by atoms with Crippen molar-refractivity contribution in [2.24, 2.45) is 23.2 Å². The smallest absolute Gasteiger partial charge is 0.368 e. The van der Waals surface area contributed by atoms with E-state index in [1.807, 2.05) is 4.90 Å². The van der Waals surface area contributed by atoms with Crippen LogP contribution in [0.25, 0.3) is 11.0 Å². The molecule has 6 nitrogen and oxygen atoms in total. The fraction of sp³-hybridized carbons (Fsp3) is 0.609. The number of nitrogens with zero attached hydrogens (tertiary/aromatic N) is 3. The second kappa shape index (κ2) is 7.04. The molecule has 3 heterocycles. The summed E-state index contributed by atoms with van der Waals surface area (Å²) in [6, 6.07) is 2.81. The van der Waals surface area contributed by atoms with Crippen LogP contribution in [0.5, 0.6) is 0 Å². The van der Waals surface area contributed by atoms with Crippen LogP contribution in [0.2, 0.25) is 0 Å². The number of hydrogen-bond donors (Lipinski definition) is 2. The van der Waals surface area contributed by atoms with Gasteiger partial charge in [0.1, 0.15) is 11.0 Å². The molecule has 1 aromatic heterocycles. The van der Waals surface area contributed by atoms with Gasteiger partial charge in [-0.1, -0.05) is 0 Å². The fourth-order valence-corrected chi connectivity index (χ4v) is 6.29. The highest BCUT2D eigenvalue weighted by atomic mass is 19.4. The Morgan fingerprint density at radius 3 is 2.44 bits per heavy atom. The maximum atomic E-state index is 13.5. The molecule has 3 atom stereocenters. The molecule has 32 heavy (non-hydrogen) atoms. The van der Waals surface area contributed by atoms with Crippen LogP contribution in [-0.4, -0.2) is 48.1 Å². The zero-order chi connectivity index (χ0) is 22.1. The van der Waals surface area contributed by atoms with Crippen LogP contribution in [0.3, 0.4) is 0 Å². The van der Waals surface area contributed by atoms with Crippen molar-refractivity contribution in [3.63, 3.8) is 0 Å². The van der Waals surface area contributed by atoms with E-state index in [0.29, 0.717) is 30.6 Å². The zero-order valence-corrected chi connectivity index (χ0v) is 17.7. The fourth-order valence-electron chi connectivity index (χ4n) is 6.29. The lowest BCUT2D eigenvalue weighted by Gasteiger charge is -2.22. The van der Waals surface area contributed by atoms with Crippen molar-refractivity contribution in [2.45, 2.75) is 37.9 Å². The molecule has 1 aromatic carbocycles. The highest BCUT2D eigenvalue weighted by Gasteiger charge is 2.58.